The van der Waals surface area contributed by atoms with Gasteiger partial charge in [-0.05, 0) is 355 Å². The summed E-state index contributed by atoms with van der Waals surface area (Å²) in [6.07, 6.45) is 2.68. The third-order valence-corrected chi connectivity index (χ3v) is 144. The van der Waals surface area contributed by atoms with Crippen molar-refractivity contribution in [2.75, 3.05) is 6.61 Å². The first-order valence-electron chi connectivity index (χ1n) is 47.2. The summed E-state index contributed by atoms with van der Waals surface area (Å²) in [6, 6.07) is 8.60. The molecule has 0 spiro atoms. The van der Waals surface area contributed by atoms with Crippen LogP contribution in [0.2, 0.25) is 322 Å². The second kappa shape index (κ2) is 71.4. The molecule has 1 fully saturated rings. The maximum Gasteiger partial charge on any atom is 0.207 e. The SMILES string of the molecule is C=C(C)C[SiH2]O[Si](C)(C)C[SiH2]O[Si](C)(C)C[SiH2]O[SiH](C)C.C=C(C)C[SiH2]O[Si](C)(C)C[SiH2]O[Si](C)(C)C[SiH2]O[Si](C)(C)C[SiH2]O[SiH](C)C.C=C(C[SiH2]O[Si](C)(C)C[SiH2]O[SiH](C)C)C(C)C.C=C(C[SiH2]O[Si](C)(C)C[SiH2]O[Si](C)(C)C[SiH2]O[SiH](C)C)C(C)C.C=C([SiH](C)O[Si](C)(C)C[SiH2]O[SiH](C)C)[Si](C)(C)O.C[SiH](C)O[SiH](C)CC[Si]1(C)CCCCO1. The van der Waals surface area contributed by atoms with Crippen LogP contribution in [0.4, 0.5) is 0 Å². The molecule has 1 aliphatic heterocycles. The van der Waals surface area contributed by atoms with Gasteiger partial charge in [-0.3, -0.25) is 0 Å². The van der Waals surface area contributed by atoms with Crippen LogP contribution in [-0.2, 0) is 66.2 Å². The average molecular weight is 2250 g/mol. The lowest BCUT2D eigenvalue weighted by molar-refractivity contribution is 0.271. The van der Waals surface area contributed by atoms with Crippen LogP contribution in [0.15, 0.2) is 60.0 Å². The molecule has 0 aromatic heterocycles. The lowest BCUT2D eigenvalue weighted by Crippen LogP contribution is -2.44. The highest BCUT2D eigenvalue weighted by atomic mass is 28.5. The number of allylic oxidation sites excluding steroid dienone is 4. The van der Waals surface area contributed by atoms with Crippen LogP contribution in [0, 0.1) is 11.8 Å². The van der Waals surface area contributed by atoms with Gasteiger partial charge in [0, 0.05) is 6.61 Å². The van der Waals surface area contributed by atoms with Gasteiger partial charge in [0.2, 0.25) is 8.32 Å². The number of hydrogen-bond donors (Lipinski definition) is 1. The van der Waals surface area contributed by atoms with E-state index >= 15 is 0 Å². The fraction of sp³-hybridized carbons (Fsp3) is 0.861. The maximum absolute atomic E-state index is 10.1. The molecule has 0 aliphatic carbocycles. The van der Waals surface area contributed by atoms with Crippen molar-refractivity contribution in [3.05, 3.63) is 60.0 Å². The molecule has 0 radical (unpaired) electrons. The largest absolute Gasteiger partial charge is 0.463 e. The number of rotatable bonds is 63. The zero-order chi connectivity index (χ0) is 95.1. The van der Waals surface area contributed by atoms with Gasteiger partial charge >= 0.3 is 0 Å². The molecule has 0 amide bonds. The molecule has 121 heavy (non-hydrogen) atoms. The predicted octanol–water partition coefficient (Wildman–Crippen LogP) is 11.8. The molecule has 0 aromatic carbocycles. The highest BCUT2D eigenvalue weighted by Gasteiger charge is 2.36. The van der Waals surface area contributed by atoms with Crippen molar-refractivity contribution in [1.82, 2.24) is 0 Å². The van der Waals surface area contributed by atoms with E-state index in [1.807, 2.05) is 13.1 Å². The Morgan fingerprint density at radius 2 is 0.595 bits per heavy atom. The Bertz CT molecular complexity index is 2660. The molecular weight excluding hydrogens is 2040 g/mol. The fourth-order valence-electron chi connectivity index (χ4n) is 11.4. The Balaban J connectivity index is -0.000000449. The summed E-state index contributed by atoms with van der Waals surface area (Å²) in [7, 11) is -29.1. The molecule has 0 saturated carbocycles. The van der Waals surface area contributed by atoms with Gasteiger partial charge in [-0.25, -0.2) is 0 Å². The maximum atomic E-state index is 10.1. The fourth-order valence-corrected chi connectivity index (χ4v) is 109. The minimum atomic E-state index is -2.22. The number of hydrogen-bond acceptors (Lipinski definition) is 17. The van der Waals surface area contributed by atoms with Crippen molar-refractivity contribution < 1.29 is 70.9 Å². The molecule has 3 unspecified atom stereocenters. The highest BCUT2D eigenvalue weighted by Crippen LogP contribution is 2.29. The second-order valence-corrected chi connectivity index (χ2v) is 143. The summed E-state index contributed by atoms with van der Waals surface area (Å²) in [4.78, 5) is 11.1. The van der Waals surface area contributed by atoms with Gasteiger partial charge in [0.1, 0.15) is 87.9 Å². The zero-order valence-corrected chi connectivity index (χ0v) is 127. The first-order valence-corrected chi connectivity index (χ1v) is 123. The Kier molecular flexibility index (Phi) is 79.4. The molecule has 0 bridgehead atoms. The Labute approximate surface area is 808 Å². The van der Waals surface area contributed by atoms with E-state index in [1.165, 1.54) is 104 Å². The molecule has 1 saturated heterocycles. The quantitative estimate of drug-likeness (QED) is 0.0451. The molecule has 1 rings (SSSR count). The molecule has 0 aromatic rings. The summed E-state index contributed by atoms with van der Waals surface area (Å²) in [5.74, 6) is 1.21. The summed E-state index contributed by atoms with van der Waals surface area (Å²) < 4.78 is 98.9. The minimum absolute atomic E-state index is 0.305. The van der Waals surface area contributed by atoms with Crippen molar-refractivity contribution in [3.63, 3.8) is 0 Å². The first kappa shape index (κ1) is 134. The topological polar surface area (TPSA) is 168 Å². The molecule has 3 atom stereocenters. The van der Waals surface area contributed by atoms with Crippen LogP contribution in [0.3, 0.4) is 0 Å². The lowest BCUT2D eigenvalue weighted by Gasteiger charge is -2.32. The van der Waals surface area contributed by atoms with Crippen molar-refractivity contribution in [1.29, 1.82) is 0 Å². The Morgan fingerprint density at radius 3 is 0.810 bits per heavy atom. The standard InChI is InChI=1S/C15H46O4Si8.C14H40O3Si6.C12H36O3Si6.C11H30O2Si4.C10H30O3Si5.C10H26O2Si3/c1-15(2)11-20-17-26(7,8)13-22-19-27(9,10)14-23-18-25(5,6)12-21-16-24(3)4;1-13(2)14(3)10-18-16-23(8,9)12-20-17-22(6,7)11-19-15-21(4)5;1-12(2)9-16-14-21(7,8)11-18-15-20(5,6)10-17-13-19(3)4;1-10(2)11(3)8-14-13-17(6,7)9-15-12-16(4)5;1-10(18(7,8)11)16(4)13-17(5,6)9-14-12-15(2)3;1-13(2)12-14(3)8-10-15(4)9-6-5-7-11-15/h24H,1,11-14,20-23H2,2-10H3;13,21H,3,10-12,18-20H2,1-2,4-9H3;19H,1,9-11,16-18H2,2-8H3;10,16H,3,8-9,14-15H2,1-2,4-7H3;11,15-16H,1,9,14H2,2-8H3;13-14H,5-10H2,1-4H3. The van der Waals surface area contributed by atoms with Crippen molar-refractivity contribution >= 4 is 291 Å². The van der Waals surface area contributed by atoms with Gasteiger partial charge in [0.25, 0.3) is 0 Å². The molecule has 49 heteroatoms. The van der Waals surface area contributed by atoms with Crippen LogP contribution >= 0.6 is 0 Å². The normalized spacial score (nSPS) is 16.6. The van der Waals surface area contributed by atoms with E-state index < -0.39 is 252 Å². The van der Waals surface area contributed by atoms with E-state index in [4.69, 9.17) is 66.2 Å². The van der Waals surface area contributed by atoms with Gasteiger partial charge in [0.05, 0.1) is 0 Å². The van der Waals surface area contributed by atoms with Gasteiger partial charge in [-0.2, -0.15) is 0 Å². The van der Waals surface area contributed by atoms with E-state index in [9.17, 15) is 4.80 Å². The van der Waals surface area contributed by atoms with Gasteiger partial charge in [-0.1, -0.05) is 74.4 Å². The van der Waals surface area contributed by atoms with E-state index in [0.717, 1.165) is 35.6 Å². The molecule has 17 nitrogen and oxygen atoms in total. The zero-order valence-electron chi connectivity index (χ0n) is 87.9. The summed E-state index contributed by atoms with van der Waals surface area (Å²) in [5.41, 5.74) is 16.6. The average Bonchev–Trinajstić information content (AvgIpc) is 0.861. The van der Waals surface area contributed by atoms with Gasteiger partial charge < -0.3 is 70.9 Å². The Hall–Kier alpha value is 4.96. The lowest BCUT2D eigenvalue weighted by atomic mass is 10.1. The van der Waals surface area contributed by atoms with Crippen LogP contribution in [0.1, 0.15) is 54.4 Å². The van der Waals surface area contributed by atoms with E-state index in [-0.39, 0.29) is 39.1 Å². The predicted molar refractivity (Wildman–Crippen MR) is 634 cm³/mol. The Morgan fingerprint density at radius 1 is 0.355 bits per heavy atom. The highest BCUT2D eigenvalue weighted by molar-refractivity contribution is 6.96. The summed E-state index contributed by atoms with van der Waals surface area (Å²) in [5, 5.41) is 0. The molecule has 1 heterocycles. The minimum Gasteiger partial charge on any atom is -0.463 e. The molecule has 726 valence electrons. The van der Waals surface area contributed by atoms with Crippen LogP contribution in [0.25, 0.3) is 0 Å². The first-order chi connectivity index (χ1) is 55.0. The van der Waals surface area contributed by atoms with Gasteiger partial charge in [-0.15, -0.1) is 19.7 Å². The monoisotopic (exact) mass is 2240 g/mol. The van der Waals surface area contributed by atoms with Crippen molar-refractivity contribution in [2.24, 2.45) is 11.8 Å². The van der Waals surface area contributed by atoms with Crippen molar-refractivity contribution in [3.8, 4) is 0 Å². The summed E-state index contributed by atoms with van der Waals surface area (Å²) >= 11 is 0. The van der Waals surface area contributed by atoms with Crippen LogP contribution < -0.4 is 0 Å². The summed E-state index contributed by atoms with van der Waals surface area (Å²) in [6.45, 7) is 115. The third kappa shape index (κ3) is 92.4. The van der Waals surface area contributed by atoms with Crippen LogP contribution in [0.5, 0.6) is 0 Å². The third-order valence-electron chi connectivity index (χ3n) is 21.0. The van der Waals surface area contributed by atoms with Gasteiger partial charge in [0.15, 0.2) is 195 Å². The smallest absolute Gasteiger partial charge is 0.207 e. The molecular formula is C72H208O17Si32. The molecule has 1 N–H and O–H groups in total. The van der Waals surface area contributed by atoms with E-state index in [1.54, 1.807) is 0 Å². The van der Waals surface area contributed by atoms with E-state index in [0.29, 0.717) is 11.8 Å². The van der Waals surface area contributed by atoms with E-state index in [2.05, 4.69) is 290 Å². The van der Waals surface area contributed by atoms with Crippen molar-refractivity contribution in [2.45, 2.75) is 377 Å². The molecule has 1 aliphatic rings. The second-order valence-electron chi connectivity index (χ2n) is 42.6. The van der Waals surface area contributed by atoms with Crippen LogP contribution in [-0.4, -0.2) is 302 Å².